The Kier molecular flexibility index (Phi) is 7.12. The maximum atomic E-state index is 10.7. The Hall–Kier alpha value is -0.850. The van der Waals surface area contributed by atoms with Crippen LogP contribution in [0.1, 0.15) is 46.0 Å². The van der Waals surface area contributed by atoms with Gasteiger partial charge in [-0.05, 0) is 48.1 Å². The monoisotopic (exact) mass is 376 g/mol. The van der Waals surface area contributed by atoms with Crippen LogP contribution in [0.3, 0.4) is 0 Å². The molecule has 4 nitrogen and oxygen atoms in total. The fourth-order valence-corrected chi connectivity index (χ4v) is 2.69. The van der Waals surface area contributed by atoms with Crippen molar-refractivity contribution in [3.05, 3.63) is 31.9 Å². The van der Waals surface area contributed by atoms with Crippen molar-refractivity contribution in [3.63, 3.8) is 0 Å². The molecule has 0 amide bonds. The fourth-order valence-electron chi connectivity index (χ4n) is 1.98. The van der Waals surface area contributed by atoms with E-state index in [0.29, 0.717) is 9.61 Å². The van der Waals surface area contributed by atoms with Crippen molar-refractivity contribution in [2.75, 3.05) is 5.32 Å². The minimum absolute atomic E-state index is 0.168. The lowest BCUT2D eigenvalue weighted by molar-refractivity contribution is -0.385. The third kappa shape index (κ3) is 5.76. The van der Waals surface area contributed by atoms with Crippen LogP contribution < -0.4 is 5.32 Å². The van der Waals surface area contributed by atoms with Crippen molar-refractivity contribution in [3.8, 4) is 0 Å². The quantitative estimate of drug-likeness (QED) is 0.302. The van der Waals surface area contributed by atoms with Crippen molar-refractivity contribution in [1.82, 2.24) is 0 Å². The van der Waals surface area contributed by atoms with E-state index in [1.54, 1.807) is 12.1 Å². The molecule has 106 valence electrons. The minimum atomic E-state index is -0.347. The molecule has 0 saturated carbocycles. The van der Waals surface area contributed by atoms with Gasteiger partial charge in [0.25, 0.3) is 5.69 Å². The van der Waals surface area contributed by atoms with Gasteiger partial charge in [0.05, 0.1) is 8.49 Å². The highest BCUT2D eigenvalue weighted by Gasteiger charge is 2.12. The van der Waals surface area contributed by atoms with E-state index in [1.165, 1.54) is 25.7 Å². The van der Waals surface area contributed by atoms with E-state index >= 15 is 0 Å². The summed E-state index contributed by atoms with van der Waals surface area (Å²) in [5.74, 6) is 0. The van der Waals surface area contributed by atoms with E-state index in [0.717, 1.165) is 12.1 Å². The first-order valence-electron chi connectivity index (χ1n) is 6.75. The van der Waals surface area contributed by atoms with Gasteiger partial charge < -0.3 is 5.32 Å². The molecular formula is C14H21IN2O2. The molecule has 0 heterocycles. The summed E-state index contributed by atoms with van der Waals surface area (Å²) in [6.07, 6.45) is 6.18. The van der Waals surface area contributed by atoms with Crippen LogP contribution in [-0.2, 0) is 0 Å². The number of nitrogens with one attached hydrogen (secondary N) is 1. The topological polar surface area (TPSA) is 55.2 Å². The van der Waals surface area contributed by atoms with Crippen molar-refractivity contribution >= 4 is 34.0 Å². The largest absolute Gasteiger partial charge is 0.383 e. The Balaban J connectivity index is 2.48. The van der Waals surface area contributed by atoms with Crippen LogP contribution in [0.4, 0.5) is 11.4 Å². The minimum Gasteiger partial charge on any atom is -0.383 e. The second-order valence-electron chi connectivity index (χ2n) is 4.82. The van der Waals surface area contributed by atoms with Gasteiger partial charge in [-0.15, -0.1) is 0 Å². The molecule has 1 aromatic carbocycles. The Bertz CT molecular complexity index is 424. The molecule has 1 rings (SSSR count). The number of nitro benzene ring substituents is 1. The summed E-state index contributed by atoms with van der Waals surface area (Å²) in [6.45, 7) is 4.36. The maximum Gasteiger partial charge on any atom is 0.282 e. The highest BCUT2D eigenvalue weighted by Crippen LogP contribution is 2.24. The summed E-state index contributed by atoms with van der Waals surface area (Å²) in [5.41, 5.74) is 1.12. The SMILES string of the molecule is CCCCCCC(C)Nc1ccc([N+](=O)[O-])c(I)c1. The number of nitrogens with zero attached hydrogens (tertiary/aromatic N) is 1. The van der Waals surface area contributed by atoms with Crippen LogP contribution in [0.5, 0.6) is 0 Å². The van der Waals surface area contributed by atoms with Crippen LogP contribution in [0.25, 0.3) is 0 Å². The molecule has 1 N–H and O–H groups in total. The van der Waals surface area contributed by atoms with Gasteiger partial charge in [0.2, 0.25) is 0 Å². The van der Waals surface area contributed by atoms with Gasteiger partial charge in [-0.25, -0.2) is 0 Å². The molecule has 1 atom stereocenters. The van der Waals surface area contributed by atoms with Crippen LogP contribution in [0.2, 0.25) is 0 Å². The third-order valence-electron chi connectivity index (χ3n) is 3.05. The lowest BCUT2D eigenvalue weighted by Crippen LogP contribution is -2.15. The number of rotatable bonds is 8. The summed E-state index contributed by atoms with van der Waals surface area (Å²) >= 11 is 2.01. The molecule has 1 aromatic rings. The first-order chi connectivity index (χ1) is 9.04. The molecule has 5 heteroatoms. The average Bonchev–Trinajstić information content (AvgIpc) is 2.34. The van der Waals surface area contributed by atoms with Crippen LogP contribution in [0, 0.1) is 13.7 Å². The van der Waals surface area contributed by atoms with Gasteiger partial charge in [-0.2, -0.15) is 0 Å². The van der Waals surface area contributed by atoms with Gasteiger partial charge in [0, 0.05) is 17.8 Å². The molecular weight excluding hydrogens is 355 g/mol. The van der Waals surface area contributed by atoms with Gasteiger partial charge in [0.15, 0.2) is 0 Å². The van der Waals surface area contributed by atoms with Crippen molar-refractivity contribution in [1.29, 1.82) is 0 Å². The molecule has 1 unspecified atom stereocenters. The fraction of sp³-hybridized carbons (Fsp3) is 0.571. The lowest BCUT2D eigenvalue weighted by atomic mass is 10.1. The smallest absolute Gasteiger partial charge is 0.282 e. The average molecular weight is 376 g/mol. The summed E-state index contributed by atoms with van der Waals surface area (Å²) in [4.78, 5) is 10.4. The van der Waals surface area contributed by atoms with Gasteiger partial charge in [0.1, 0.15) is 0 Å². The molecule has 0 aromatic heterocycles. The van der Waals surface area contributed by atoms with E-state index in [-0.39, 0.29) is 10.6 Å². The Labute approximate surface area is 128 Å². The zero-order valence-corrected chi connectivity index (χ0v) is 13.6. The number of benzene rings is 1. The molecule has 0 fully saturated rings. The Morgan fingerprint density at radius 1 is 1.37 bits per heavy atom. The number of halogens is 1. The first-order valence-corrected chi connectivity index (χ1v) is 7.83. The molecule has 0 bridgehead atoms. The predicted octanol–water partition coefficient (Wildman–Crippen LogP) is 4.97. The summed E-state index contributed by atoms with van der Waals surface area (Å²) < 4.78 is 0.672. The summed E-state index contributed by atoms with van der Waals surface area (Å²) in [7, 11) is 0. The van der Waals surface area contributed by atoms with Gasteiger partial charge >= 0.3 is 0 Å². The molecule has 0 aliphatic carbocycles. The number of unbranched alkanes of at least 4 members (excludes halogenated alkanes) is 3. The summed E-state index contributed by atoms with van der Waals surface area (Å²) in [6, 6.07) is 5.58. The van der Waals surface area contributed by atoms with E-state index in [9.17, 15) is 10.1 Å². The Morgan fingerprint density at radius 2 is 2.11 bits per heavy atom. The van der Waals surface area contributed by atoms with E-state index in [1.807, 2.05) is 28.7 Å². The number of nitro groups is 1. The van der Waals surface area contributed by atoms with Crippen LogP contribution in [0.15, 0.2) is 18.2 Å². The number of anilines is 1. The molecule has 0 saturated heterocycles. The predicted molar refractivity (Wildman–Crippen MR) is 87.7 cm³/mol. The molecule has 0 aliphatic heterocycles. The van der Waals surface area contributed by atoms with Gasteiger partial charge in [-0.1, -0.05) is 32.6 Å². The van der Waals surface area contributed by atoms with Crippen LogP contribution >= 0.6 is 22.6 Å². The maximum absolute atomic E-state index is 10.7. The van der Waals surface area contributed by atoms with Crippen LogP contribution in [-0.4, -0.2) is 11.0 Å². The lowest BCUT2D eigenvalue weighted by Gasteiger charge is -2.15. The third-order valence-corrected chi connectivity index (χ3v) is 3.91. The standard InChI is InChI=1S/C14H21IN2O2/c1-3-4-5-6-7-11(2)16-12-8-9-14(17(18)19)13(15)10-12/h8-11,16H,3-7H2,1-2H3. The molecule has 0 radical (unpaired) electrons. The summed E-state index contributed by atoms with van der Waals surface area (Å²) in [5, 5.41) is 14.1. The second-order valence-corrected chi connectivity index (χ2v) is 5.98. The van der Waals surface area contributed by atoms with Gasteiger partial charge in [-0.3, -0.25) is 10.1 Å². The van der Waals surface area contributed by atoms with Crippen molar-refractivity contribution < 1.29 is 4.92 Å². The zero-order chi connectivity index (χ0) is 14.3. The van der Waals surface area contributed by atoms with E-state index < -0.39 is 0 Å². The molecule has 19 heavy (non-hydrogen) atoms. The molecule has 0 aliphatic rings. The zero-order valence-electron chi connectivity index (χ0n) is 11.5. The van der Waals surface area contributed by atoms with Crippen molar-refractivity contribution in [2.24, 2.45) is 0 Å². The first kappa shape index (κ1) is 16.2. The van der Waals surface area contributed by atoms with E-state index in [2.05, 4.69) is 19.2 Å². The normalized spacial score (nSPS) is 12.2. The van der Waals surface area contributed by atoms with E-state index in [4.69, 9.17) is 0 Å². The highest BCUT2D eigenvalue weighted by molar-refractivity contribution is 14.1. The molecule has 0 spiro atoms. The number of hydrogen-bond donors (Lipinski definition) is 1. The second kappa shape index (κ2) is 8.35. The Morgan fingerprint density at radius 3 is 2.68 bits per heavy atom. The number of hydrogen-bond acceptors (Lipinski definition) is 3. The van der Waals surface area contributed by atoms with Crippen molar-refractivity contribution in [2.45, 2.75) is 52.0 Å². The highest BCUT2D eigenvalue weighted by atomic mass is 127.